The predicted molar refractivity (Wildman–Crippen MR) is 69.0 cm³/mol. The molecule has 1 rings (SSSR count). The average Bonchev–Trinajstić information content (AvgIpc) is 2.24. The molecule has 0 radical (unpaired) electrons. The molecule has 0 N–H and O–H groups in total. The van der Waals surface area contributed by atoms with Crippen molar-refractivity contribution in [2.45, 2.75) is 26.7 Å². The number of hydrogen-bond acceptors (Lipinski definition) is 1. The van der Waals surface area contributed by atoms with Crippen LogP contribution in [0.25, 0.3) is 0 Å². The van der Waals surface area contributed by atoms with Crippen LogP contribution in [0.1, 0.15) is 30.9 Å². The molecular weight excluding hydrogens is 279 g/mol. The van der Waals surface area contributed by atoms with Crippen molar-refractivity contribution < 1.29 is 69.1 Å². The fourth-order valence-electron chi connectivity index (χ4n) is 1.51. The predicted octanol–water partition coefficient (Wildman–Crippen LogP) is 1.44. The topological polar surface area (TPSA) is 9.23 Å². The van der Waals surface area contributed by atoms with Crippen LogP contribution in [-0.4, -0.2) is 13.6 Å². The van der Waals surface area contributed by atoms with E-state index in [1.807, 2.05) is 32.9 Å². The van der Waals surface area contributed by atoms with E-state index in [-0.39, 0.29) is 57.3 Å². The van der Waals surface area contributed by atoms with Crippen LogP contribution in [0.5, 0.6) is 5.75 Å². The molecular formula is C13H17BF3KO. The molecule has 0 fully saturated rings. The van der Waals surface area contributed by atoms with Gasteiger partial charge in [-0.05, 0) is 30.0 Å². The second kappa shape index (κ2) is 7.88. The third-order valence-corrected chi connectivity index (χ3v) is 2.67. The minimum atomic E-state index is -5.03. The van der Waals surface area contributed by atoms with Gasteiger partial charge in [-0.15, -0.1) is 12.1 Å². The van der Waals surface area contributed by atoms with Crippen LogP contribution in [0.4, 0.5) is 12.9 Å². The fraction of sp³-hybridized carbons (Fsp3) is 0.385. The Kier molecular flexibility index (Phi) is 7.99. The first-order valence-corrected chi connectivity index (χ1v) is 5.82. The summed E-state index contributed by atoms with van der Waals surface area (Å²) < 4.78 is 42.4. The van der Waals surface area contributed by atoms with Crippen LogP contribution in [0.2, 0.25) is 0 Å². The quantitative estimate of drug-likeness (QED) is 0.747. The molecule has 0 aliphatic heterocycles. The Morgan fingerprint density at radius 3 is 2.37 bits per heavy atom. The van der Waals surface area contributed by atoms with E-state index in [0.717, 1.165) is 11.1 Å². The Bertz CT molecular complexity index is 444. The van der Waals surface area contributed by atoms with Gasteiger partial charge >= 0.3 is 58.4 Å². The normalized spacial score (nSPS) is 11.1. The third kappa shape index (κ3) is 6.04. The number of halogens is 3. The van der Waals surface area contributed by atoms with Gasteiger partial charge in [0.25, 0.3) is 0 Å². The zero-order valence-electron chi connectivity index (χ0n) is 11.8. The Morgan fingerprint density at radius 2 is 1.89 bits per heavy atom. The number of aryl methyl sites for hydroxylation is 1. The van der Waals surface area contributed by atoms with Crippen LogP contribution >= 0.6 is 0 Å². The zero-order valence-corrected chi connectivity index (χ0v) is 15.0. The van der Waals surface area contributed by atoms with E-state index in [4.69, 9.17) is 4.74 Å². The van der Waals surface area contributed by atoms with Crippen LogP contribution in [-0.2, 0) is 0 Å². The molecule has 1 nitrogen and oxygen atoms in total. The van der Waals surface area contributed by atoms with E-state index < -0.39 is 19.1 Å². The molecule has 0 heterocycles. The third-order valence-electron chi connectivity index (χ3n) is 2.67. The van der Waals surface area contributed by atoms with Gasteiger partial charge in [-0.25, -0.2) is 0 Å². The molecule has 1 aromatic rings. The van der Waals surface area contributed by atoms with Gasteiger partial charge in [0.15, 0.2) is 0 Å². The second-order valence-corrected chi connectivity index (χ2v) is 4.72. The summed E-state index contributed by atoms with van der Waals surface area (Å²) in [6, 6.07) is 5.56. The number of benzene rings is 1. The Labute approximate surface area is 155 Å². The number of ether oxygens (including phenoxy) is 1. The van der Waals surface area contributed by atoms with Gasteiger partial charge in [0, 0.05) is 0 Å². The van der Waals surface area contributed by atoms with Crippen molar-refractivity contribution >= 4 is 6.98 Å². The van der Waals surface area contributed by atoms with E-state index >= 15 is 0 Å². The maximum atomic E-state index is 12.4. The molecule has 1 aromatic carbocycles. The van der Waals surface area contributed by atoms with Crippen molar-refractivity contribution in [2.75, 3.05) is 6.61 Å². The number of rotatable bonds is 5. The Hall–Kier alpha value is 0.251. The van der Waals surface area contributed by atoms with Gasteiger partial charge in [-0.1, -0.05) is 26.0 Å². The number of hydrogen-bond donors (Lipinski definition) is 0. The molecule has 6 heteroatoms. The summed E-state index contributed by atoms with van der Waals surface area (Å²) in [4.78, 5) is 0. The Balaban J connectivity index is 0.00000324. The molecule has 0 amide bonds. The molecule has 0 aliphatic rings. The van der Waals surface area contributed by atoms with Crippen LogP contribution in [0, 0.1) is 6.92 Å². The van der Waals surface area contributed by atoms with Crippen molar-refractivity contribution in [2.24, 2.45) is 0 Å². The van der Waals surface area contributed by atoms with E-state index in [1.165, 1.54) is 0 Å². The van der Waals surface area contributed by atoms with Crippen molar-refractivity contribution in [1.29, 1.82) is 0 Å². The van der Waals surface area contributed by atoms with E-state index in [1.54, 1.807) is 6.07 Å². The molecule has 100 valence electrons. The monoisotopic (exact) mass is 296 g/mol. The van der Waals surface area contributed by atoms with Gasteiger partial charge in [-0.3, -0.25) is 0 Å². The van der Waals surface area contributed by atoms with Gasteiger partial charge in [0.1, 0.15) is 5.75 Å². The molecule has 0 aromatic heterocycles. The van der Waals surface area contributed by atoms with Crippen LogP contribution < -0.4 is 56.1 Å². The van der Waals surface area contributed by atoms with E-state index in [9.17, 15) is 12.9 Å². The van der Waals surface area contributed by atoms with E-state index in [0.29, 0.717) is 5.75 Å². The summed E-state index contributed by atoms with van der Waals surface area (Å²) in [5, 5.41) is 0. The maximum absolute atomic E-state index is 12.4. The molecule has 0 saturated carbocycles. The SMILES string of the molecule is C=C(COc1cc(C)ccc1C(C)C)[B-](F)(F)F.[K+]. The molecule has 0 spiro atoms. The van der Waals surface area contributed by atoms with Crippen molar-refractivity contribution in [3.05, 3.63) is 41.4 Å². The van der Waals surface area contributed by atoms with Gasteiger partial charge < -0.3 is 17.7 Å². The minimum absolute atomic E-state index is 0. The second-order valence-electron chi connectivity index (χ2n) is 4.72. The van der Waals surface area contributed by atoms with Crippen molar-refractivity contribution in [3.63, 3.8) is 0 Å². The summed E-state index contributed by atoms with van der Waals surface area (Å²) in [6.07, 6.45) is 0. The fourth-order valence-corrected chi connectivity index (χ4v) is 1.51. The molecule has 19 heavy (non-hydrogen) atoms. The Morgan fingerprint density at radius 1 is 1.32 bits per heavy atom. The molecule has 0 atom stereocenters. The molecule has 0 aliphatic carbocycles. The van der Waals surface area contributed by atoms with Gasteiger partial charge in [0.05, 0.1) is 6.61 Å². The van der Waals surface area contributed by atoms with Gasteiger partial charge in [0.2, 0.25) is 0 Å². The molecule has 0 saturated heterocycles. The van der Waals surface area contributed by atoms with Crippen LogP contribution in [0.15, 0.2) is 30.3 Å². The first-order chi connectivity index (χ1) is 8.21. The maximum Gasteiger partial charge on any atom is 1.00 e. The average molecular weight is 296 g/mol. The summed E-state index contributed by atoms with van der Waals surface area (Å²) in [5.74, 6) is 0.705. The summed E-state index contributed by atoms with van der Waals surface area (Å²) in [7, 11) is 0. The largest absolute Gasteiger partial charge is 1.00 e. The van der Waals surface area contributed by atoms with Crippen LogP contribution in [0.3, 0.4) is 0 Å². The molecule has 0 unspecified atom stereocenters. The molecule has 0 bridgehead atoms. The summed E-state index contributed by atoms with van der Waals surface area (Å²) in [5.41, 5.74) is 1.05. The first kappa shape index (κ1) is 19.3. The first-order valence-electron chi connectivity index (χ1n) is 5.82. The standard InChI is InChI=1S/C13H17BF3O.K/c1-9(2)12-6-5-10(3)7-13(12)18-8-11(4)14(15,16)17;/h5-7,9H,4,8H2,1-3H3;/q-1;+1. The van der Waals surface area contributed by atoms with Crippen molar-refractivity contribution in [1.82, 2.24) is 0 Å². The summed E-state index contributed by atoms with van der Waals surface area (Å²) >= 11 is 0. The summed E-state index contributed by atoms with van der Waals surface area (Å²) in [6.45, 7) is 3.30. The minimum Gasteiger partial charge on any atom is -0.492 e. The smallest absolute Gasteiger partial charge is 0.492 e. The van der Waals surface area contributed by atoms with Gasteiger partial charge in [-0.2, -0.15) is 0 Å². The zero-order chi connectivity index (χ0) is 13.9. The van der Waals surface area contributed by atoms with E-state index in [2.05, 4.69) is 6.58 Å². The van der Waals surface area contributed by atoms with Crippen molar-refractivity contribution in [3.8, 4) is 5.75 Å².